The first-order valence-corrected chi connectivity index (χ1v) is 13.8. The minimum atomic E-state index is -4.28. The summed E-state index contributed by atoms with van der Waals surface area (Å²) >= 11 is 3.12. The molecule has 186 valence electrons. The summed E-state index contributed by atoms with van der Waals surface area (Å²) in [7, 11) is -2.25. The average molecular weight is 565 g/mol. The zero-order valence-corrected chi connectivity index (χ0v) is 21.6. The molecule has 3 aliphatic rings. The molecule has 1 saturated carbocycles. The second kappa shape index (κ2) is 8.86. The Hall–Kier alpha value is -2.50. The Balaban J connectivity index is 1.51. The van der Waals surface area contributed by atoms with E-state index in [9.17, 15) is 22.4 Å². The number of hydrogen-bond acceptors (Lipinski definition) is 5. The van der Waals surface area contributed by atoms with Gasteiger partial charge in [0, 0.05) is 10.5 Å². The van der Waals surface area contributed by atoms with Crippen LogP contribution in [0.3, 0.4) is 0 Å². The molecule has 1 saturated heterocycles. The number of piperidine rings is 1. The molecule has 1 spiro atoms. The third kappa shape index (κ3) is 4.34. The Morgan fingerprint density at radius 2 is 1.91 bits per heavy atom. The summed E-state index contributed by atoms with van der Waals surface area (Å²) in [5.74, 6) is -1.45. The monoisotopic (exact) mass is 564 g/mol. The van der Waals surface area contributed by atoms with Gasteiger partial charge in [-0.1, -0.05) is 22.4 Å². The van der Waals surface area contributed by atoms with E-state index in [1.54, 1.807) is 6.07 Å². The number of carbonyl (C=O) groups excluding carboxylic acids is 2. The highest BCUT2D eigenvalue weighted by Crippen LogP contribution is 2.52. The van der Waals surface area contributed by atoms with Crippen LogP contribution in [0.5, 0.6) is 0 Å². The zero-order chi connectivity index (χ0) is 25.0. The first-order chi connectivity index (χ1) is 16.6. The molecular weight excluding hydrogens is 539 g/mol. The minimum absolute atomic E-state index is 0.0127. The molecule has 0 radical (unpaired) electrons. The van der Waals surface area contributed by atoms with Gasteiger partial charge < -0.3 is 15.5 Å². The molecule has 0 bridgehead atoms. The summed E-state index contributed by atoms with van der Waals surface area (Å²) in [6.07, 6.45) is 3.72. The molecule has 11 heteroatoms. The van der Waals surface area contributed by atoms with Gasteiger partial charge in [-0.3, -0.25) is 14.3 Å². The van der Waals surface area contributed by atoms with Gasteiger partial charge in [0.15, 0.2) is 0 Å². The highest BCUT2D eigenvalue weighted by molar-refractivity contribution is 9.10. The molecule has 2 aromatic carbocycles. The van der Waals surface area contributed by atoms with Gasteiger partial charge in [0.2, 0.25) is 5.91 Å². The van der Waals surface area contributed by atoms with Crippen molar-refractivity contribution in [1.29, 1.82) is 0 Å². The number of benzene rings is 2. The zero-order valence-electron chi connectivity index (χ0n) is 19.2. The van der Waals surface area contributed by atoms with E-state index < -0.39 is 26.2 Å². The van der Waals surface area contributed by atoms with Crippen molar-refractivity contribution in [1.82, 2.24) is 10.2 Å². The largest absolute Gasteiger partial charge is 0.349 e. The van der Waals surface area contributed by atoms with Crippen molar-refractivity contribution in [2.24, 2.45) is 0 Å². The van der Waals surface area contributed by atoms with Gasteiger partial charge in [-0.25, -0.2) is 12.8 Å². The normalized spacial score (nSPS) is 19.7. The number of carbonyl (C=O) groups is 2. The molecule has 8 nitrogen and oxygen atoms in total. The molecule has 0 unspecified atom stereocenters. The van der Waals surface area contributed by atoms with E-state index in [1.165, 1.54) is 18.2 Å². The summed E-state index contributed by atoms with van der Waals surface area (Å²) in [4.78, 5) is 27.9. The third-order valence-corrected chi connectivity index (χ3v) is 9.18. The first-order valence-electron chi connectivity index (χ1n) is 11.6. The second-order valence-corrected chi connectivity index (χ2v) is 12.1. The smallest absolute Gasteiger partial charge is 0.264 e. The van der Waals surface area contributed by atoms with Crippen LogP contribution in [0.2, 0.25) is 0 Å². The van der Waals surface area contributed by atoms with Gasteiger partial charge in [0.05, 0.1) is 22.4 Å². The summed E-state index contributed by atoms with van der Waals surface area (Å²) < 4.78 is 43.3. The Labute approximate surface area is 211 Å². The van der Waals surface area contributed by atoms with Crippen LogP contribution in [-0.2, 0) is 20.2 Å². The maximum atomic E-state index is 14.4. The van der Waals surface area contributed by atoms with E-state index in [4.69, 9.17) is 0 Å². The van der Waals surface area contributed by atoms with Crippen molar-refractivity contribution >= 4 is 49.1 Å². The van der Waals surface area contributed by atoms with E-state index in [0.717, 1.165) is 38.4 Å². The van der Waals surface area contributed by atoms with Crippen molar-refractivity contribution in [2.75, 3.05) is 30.2 Å². The highest BCUT2D eigenvalue weighted by Gasteiger charge is 2.52. The molecule has 1 aliphatic carbocycles. The lowest BCUT2D eigenvalue weighted by molar-refractivity contribution is -0.123. The number of rotatable bonds is 5. The standard InChI is InChI=1S/C24H26BrFN4O4S/c1-30-9-5-15(6-10-30)27-22(31)17-12-16(13-18-21(17)28-23(32)24(18)7-2-8-24)29-35(33,34)20-4-3-14(25)11-19(20)26/h3-4,11-13,15,29H,2,5-10H2,1H3,(H,27,31)(H,28,32). The van der Waals surface area contributed by atoms with Crippen molar-refractivity contribution in [3.05, 3.63) is 51.7 Å². The predicted molar refractivity (Wildman–Crippen MR) is 133 cm³/mol. The lowest BCUT2D eigenvalue weighted by atomic mass is 9.65. The van der Waals surface area contributed by atoms with E-state index in [1.807, 2.05) is 7.05 Å². The van der Waals surface area contributed by atoms with Crippen LogP contribution in [0.4, 0.5) is 15.8 Å². The van der Waals surface area contributed by atoms with Gasteiger partial charge in [0.1, 0.15) is 10.7 Å². The number of nitrogens with zero attached hydrogens (tertiary/aromatic N) is 1. The Bertz CT molecular complexity index is 1320. The van der Waals surface area contributed by atoms with E-state index in [0.29, 0.717) is 28.6 Å². The van der Waals surface area contributed by atoms with Crippen molar-refractivity contribution < 1.29 is 22.4 Å². The number of fused-ring (bicyclic) bond motifs is 2. The van der Waals surface area contributed by atoms with Crippen LogP contribution in [0.1, 0.15) is 48.0 Å². The SMILES string of the molecule is CN1CCC(NC(=O)c2cc(NS(=O)(=O)c3ccc(Br)cc3F)cc3c2NC(=O)C32CCC2)CC1. The summed E-state index contributed by atoms with van der Waals surface area (Å²) in [5.41, 5.74) is 0.592. The van der Waals surface area contributed by atoms with Crippen LogP contribution in [-0.4, -0.2) is 51.3 Å². The second-order valence-electron chi connectivity index (χ2n) is 9.57. The lowest BCUT2D eigenvalue weighted by Gasteiger charge is -2.36. The number of anilines is 2. The molecule has 2 amide bonds. The molecule has 3 N–H and O–H groups in total. The predicted octanol–water partition coefficient (Wildman–Crippen LogP) is 3.59. The summed E-state index contributed by atoms with van der Waals surface area (Å²) in [5, 5.41) is 5.91. The van der Waals surface area contributed by atoms with E-state index in [2.05, 4.69) is 36.2 Å². The van der Waals surface area contributed by atoms with Gasteiger partial charge in [-0.2, -0.15) is 0 Å². The summed E-state index contributed by atoms with van der Waals surface area (Å²) in [6.45, 7) is 1.73. The van der Waals surface area contributed by atoms with E-state index in [-0.39, 0.29) is 29.1 Å². The topological polar surface area (TPSA) is 108 Å². The Kier molecular flexibility index (Phi) is 6.13. The van der Waals surface area contributed by atoms with Crippen molar-refractivity contribution in [3.8, 4) is 0 Å². The van der Waals surface area contributed by atoms with E-state index >= 15 is 0 Å². The molecule has 0 aromatic heterocycles. The molecular formula is C24H26BrFN4O4S. The maximum Gasteiger partial charge on any atom is 0.264 e. The Morgan fingerprint density at radius 3 is 2.54 bits per heavy atom. The number of sulfonamides is 1. The molecule has 2 fully saturated rings. The fourth-order valence-corrected chi connectivity index (χ4v) is 6.53. The van der Waals surface area contributed by atoms with Crippen molar-refractivity contribution in [3.63, 3.8) is 0 Å². The van der Waals surface area contributed by atoms with Gasteiger partial charge in [-0.15, -0.1) is 0 Å². The van der Waals surface area contributed by atoms with Crippen LogP contribution < -0.4 is 15.4 Å². The highest BCUT2D eigenvalue weighted by atomic mass is 79.9. The summed E-state index contributed by atoms with van der Waals surface area (Å²) in [6, 6.07) is 6.67. The first kappa shape index (κ1) is 24.2. The molecule has 35 heavy (non-hydrogen) atoms. The van der Waals surface area contributed by atoms with Crippen LogP contribution in [0.15, 0.2) is 39.7 Å². The number of hydrogen-bond donors (Lipinski definition) is 3. The number of halogens is 2. The fourth-order valence-electron chi connectivity index (χ4n) is 5.09. The van der Waals surface area contributed by atoms with Gasteiger partial charge in [0.25, 0.3) is 15.9 Å². The van der Waals surface area contributed by atoms with Crippen molar-refractivity contribution in [2.45, 2.75) is 48.5 Å². The molecule has 2 aromatic rings. The number of nitrogens with one attached hydrogen (secondary N) is 3. The van der Waals surface area contributed by atoms with Crippen LogP contribution in [0, 0.1) is 5.82 Å². The van der Waals surface area contributed by atoms with Gasteiger partial charge in [-0.05, 0) is 81.7 Å². The molecule has 0 atom stereocenters. The van der Waals surface area contributed by atoms with Crippen LogP contribution in [0.25, 0.3) is 0 Å². The maximum absolute atomic E-state index is 14.4. The number of likely N-dealkylation sites (tertiary alicyclic amines) is 1. The lowest BCUT2D eigenvalue weighted by Crippen LogP contribution is -2.43. The minimum Gasteiger partial charge on any atom is -0.349 e. The quantitative estimate of drug-likeness (QED) is 0.514. The Morgan fingerprint density at radius 1 is 1.20 bits per heavy atom. The average Bonchev–Trinajstić information content (AvgIpc) is 3.06. The molecule has 5 rings (SSSR count). The molecule has 2 heterocycles. The van der Waals surface area contributed by atoms with Gasteiger partial charge >= 0.3 is 0 Å². The van der Waals surface area contributed by atoms with Crippen LogP contribution >= 0.6 is 15.9 Å². The fraction of sp³-hybridized carbons (Fsp3) is 0.417. The molecule has 2 aliphatic heterocycles. The third-order valence-electron chi connectivity index (χ3n) is 7.27. The number of amides is 2.